The maximum Gasteiger partial charge on any atom is 0.127 e. The Labute approximate surface area is 183 Å². The summed E-state index contributed by atoms with van der Waals surface area (Å²) in [7, 11) is 0. The number of hydrogen-bond donors (Lipinski definition) is 0. The van der Waals surface area contributed by atoms with Crippen LogP contribution < -0.4 is 0 Å². The molecule has 0 saturated heterocycles. The van der Waals surface area contributed by atoms with Crippen molar-refractivity contribution in [2.45, 2.75) is 84.5 Å². The molecular formula is C29H37F. The third-order valence-electron chi connectivity index (χ3n) is 6.52. The molecule has 2 aromatic rings. The molecule has 0 nitrogen and oxygen atoms in total. The standard InChI is InChI=1S/C29H37F/c1-3-5-6-7-9-23-10-12-24(13-11-23)14-15-25-16-18-26(19-17-25)28-21-20-27(8-4-2)29(30)22-28/h16-24H,3-13H2,1-2H3/t23-,24-. The lowest BCUT2D eigenvalue weighted by atomic mass is 9.80. The molecule has 1 aliphatic rings. The lowest BCUT2D eigenvalue weighted by Gasteiger charge is -2.25. The van der Waals surface area contributed by atoms with E-state index in [4.69, 9.17) is 0 Å². The first-order valence-electron chi connectivity index (χ1n) is 12.1. The minimum Gasteiger partial charge on any atom is -0.207 e. The van der Waals surface area contributed by atoms with E-state index in [-0.39, 0.29) is 5.82 Å². The molecule has 0 atom stereocenters. The molecule has 1 fully saturated rings. The third-order valence-corrected chi connectivity index (χ3v) is 6.52. The van der Waals surface area contributed by atoms with E-state index in [0.29, 0.717) is 5.92 Å². The van der Waals surface area contributed by atoms with E-state index in [0.717, 1.165) is 41.0 Å². The Hall–Kier alpha value is -2.07. The van der Waals surface area contributed by atoms with Crippen LogP contribution in [-0.2, 0) is 6.42 Å². The van der Waals surface area contributed by atoms with E-state index in [1.807, 2.05) is 12.1 Å². The van der Waals surface area contributed by atoms with Gasteiger partial charge < -0.3 is 0 Å². The van der Waals surface area contributed by atoms with Crippen molar-refractivity contribution in [3.63, 3.8) is 0 Å². The monoisotopic (exact) mass is 404 g/mol. The maximum absolute atomic E-state index is 14.2. The summed E-state index contributed by atoms with van der Waals surface area (Å²) < 4.78 is 14.2. The zero-order chi connectivity index (χ0) is 21.2. The molecule has 0 N–H and O–H groups in total. The average Bonchev–Trinajstić information content (AvgIpc) is 2.78. The minimum atomic E-state index is -0.0980. The van der Waals surface area contributed by atoms with E-state index in [1.165, 1.54) is 57.8 Å². The van der Waals surface area contributed by atoms with Crippen molar-refractivity contribution in [3.8, 4) is 23.0 Å². The first kappa shape index (κ1) is 22.6. The van der Waals surface area contributed by atoms with Crippen LogP contribution in [0.5, 0.6) is 0 Å². The quantitative estimate of drug-likeness (QED) is 0.305. The molecular weight excluding hydrogens is 367 g/mol. The molecule has 3 rings (SSSR count). The number of hydrogen-bond acceptors (Lipinski definition) is 0. The minimum absolute atomic E-state index is 0.0980. The van der Waals surface area contributed by atoms with Crippen molar-refractivity contribution in [1.82, 2.24) is 0 Å². The highest BCUT2D eigenvalue weighted by Gasteiger charge is 2.19. The van der Waals surface area contributed by atoms with Crippen molar-refractivity contribution < 1.29 is 4.39 Å². The lowest BCUT2D eigenvalue weighted by Crippen LogP contribution is -2.13. The molecule has 0 radical (unpaired) electrons. The molecule has 2 aromatic carbocycles. The molecule has 30 heavy (non-hydrogen) atoms. The fraction of sp³-hybridized carbons (Fsp3) is 0.517. The number of unbranched alkanes of at least 4 members (excludes halogenated alkanes) is 3. The second kappa shape index (κ2) is 11.9. The summed E-state index contributed by atoms with van der Waals surface area (Å²) >= 11 is 0. The molecule has 1 heteroatoms. The van der Waals surface area contributed by atoms with E-state index in [2.05, 4.69) is 50.0 Å². The lowest BCUT2D eigenvalue weighted by molar-refractivity contribution is 0.294. The van der Waals surface area contributed by atoms with Gasteiger partial charge in [0.25, 0.3) is 0 Å². The van der Waals surface area contributed by atoms with Crippen LogP contribution >= 0.6 is 0 Å². The summed E-state index contributed by atoms with van der Waals surface area (Å²) in [6, 6.07) is 13.9. The molecule has 0 aliphatic heterocycles. The van der Waals surface area contributed by atoms with E-state index in [1.54, 1.807) is 6.07 Å². The van der Waals surface area contributed by atoms with Crippen molar-refractivity contribution in [3.05, 3.63) is 59.4 Å². The van der Waals surface area contributed by atoms with Crippen LogP contribution in [0.3, 0.4) is 0 Å². The molecule has 0 spiro atoms. The van der Waals surface area contributed by atoms with Gasteiger partial charge >= 0.3 is 0 Å². The number of benzene rings is 2. The van der Waals surface area contributed by atoms with Gasteiger partial charge in [-0.05, 0) is 72.9 Å². The van der Waals surface area contributed by atoms with Gasteiger partial charge in [0.15, 0.2) is 0 Å². The Morgan fingerprint density at radius 1 is 0.833 bits per heavy atom. The van der Waals surface area contributed by atoms with Gasteiger partial charge in [0, 0.05) is 11.5 Å². The predicted octanol–water partition coefficient (Wildman–Crippen LogP) is 8.57. The highest BCUT2D eigenvalue weighted by atomic mass is 19.1. The van der Waals surface area contributed by atoms with Crippen LogP contribution in [0.15, 0.2) is 42.5 Å². The van der Waals surface area contributed by atoms with Crippen LogP contribution in [0, 0.1) is 29.5 Å². The molecule has 0 heterocycles. The van der Waals surface area contributed by atoms with Gasteiger partial charge in [-0.2, -0.15) is 0 Å². The molecule has 1 saturated carbocycles. The van der Waals surface area contributed by atoms with Gasteiger partial charge in [0.2, 0.25) is 0 Å². The van der Waals surface area contributed by atoms with E-state index >= 15 is 0 Å². The average molecular weight is 405 g/mol. The zero-order valence-corrected chi connectivity index (χ0v) is 18.9. The van der Waals surface area contributed by atoms with Gasteiger partial charge in [-0.1, -0.05) is 88.5 Å². The molecule has 0 aromatic heterocycles. The summed E-state index contributed by atoms with van der Waals surface area (Å²) in [6.07, 6.45) is 13.9. The Kier molecular flexibility index (Phi) is 9.00. The fourth-order valence-electron chi connectivity index (χ4n) is 4.59. The van der Waals surface area contributed by atoms with Crippen molar-refractivity contribution in [2.75, 3.05) is 0 Å². The topological polar surface area (TPSA) is 0 Å². The first-order chi connectivity index (χ1) is 14.7. The zero-order valence-electron chi connectivity index (χ0n) is 18.9. The molecule has 0 unspecified atom stereocenters. The Balaban J connectivity index is 1.51. The van der Waals surface area contributed by atoms with Crippen LogP contribution in [0.1, 0.15) is 89.2 Å². The highest BCUT2D eigenvalue weighted by Crippen LogP contribution is 2.32. The smallest absolute Gasteiger partial charge is 0.127 e. The number of halogens is 1. The summed E-state index contributed by atoms with van der Waals surface area (Å²) in [6.45, 7) is 4.36. The largest absolute Gasteiger partial charge is 0.207 e. The Morgan fingerprint density at radius 3 is 2.23 bits per heavy atom. The molecule has 1 aliphatic carbocycles. The predicted molar refractivity (Wildman–Crippen MR) is 127 cm³/mol. The SMILES string of the molecule is CCCCCC[C@H]1CC[C@H](C#Cc2ccc(-c3ccc(CCC)c(F)c3)cc2)CC1. The first-order valence-corrected chi connectivity index (χ1v) is 12.1. The van der Waals surface area contributed by atoms with Gasteiger partial charge in [0.05, 0.1) is 0 Å². The van der Waals surface area contributed by atoms with Crippen LogP contribution in [0.2, 0.25) is 0 Å². The van der Waals surface area contributed by atoms with Gasteiger partial charge in [-0.15, -0.1) is 0 Å². The summed E-state index contributed by atoms with van der Waals surface area (Å²) in [5.74, 6) is 8.28. The van der Waals surface area contributed by atoms with Crippen LogP contribution in [0.25, 0.3) is 11.1 Å². The van der Waals surface area contributed by atoms with Crippen molar-refractivity contribution in [2.24, 2.45) is 11.8 Å². The second-order valence-corrected chi connectivity index (χ2v) is 8.97. The summed E-state index contributed by atoms with van der Waals surface area (Å²) in [4.78, 5) is 0. The van der Waals surface area contributed by atoms with Gasteiger partial charge in [-0.3, -0.25) is 0 Å². The summed E-state index contributed by atoms with van der Waals surface area (Å²) in [5, 5.41) is 0. The van der Waals surface area contributed by atoms with Crippen LogP contribution in [0.4, 0.5) is 4.39 Å². The molecule has 0 amide bonds. The molecule has 0 bridgehead atoms. The Morgan fingerprint density at radius 2 is 1.57 bits per heavy atom. The van der Waals surface area contributed by atoms with Crippen molar-refractivity contribution >= 4 is 0 Å². The Bertz CT molecular complexity index is 829. The number of aryl methyl sites for hydroxylation is 1. The number of rotatable bonds is 8. The van der Waals surface area contributed by atoms with Crippen molar-refractivity contribution in [1.29, 1.82) is 0 Å². The summed E-state index contributed by atoms with van der Waals surface area (Å²) in [5.41, 5.74) is 3.85. The van der Waals surface area contributed by atoms with Crippen LogP contribution in [-0.4, -0.2) is 0 Å². The third kappa shape index (κ3) is 6.73. The van der Waals surface area contributed by atoms with E-state index in [9.17, 15) is 4.39 Å². The normalized spacial score (nSPS) is 18.6. The van der Waals surface area contributed by atoms with E-state index < -0.39 is 0 Å². The van der Waals surface area contributed by atoms with Gasteiger partial charge in [-0.25, -0.2) is 4.39 Å². The molecule has 160 valence electrons. The van der Waals surface area contributed by atoms with Gasteiger partial charge in [0.1, 0.15) is 5.82 Å². The maximum atomic E-state index is 14.2. The second-order valence-electron chi connectivity index (χ2n) is 8.97. The fourth-order valence-corrected chi connectivity index (χ4v) is 4.59. The highest BCUT2D eigenvalue weighted by molar-refractivity contribution is 5.65.